The van der Waals surface area contributed by atoms with Crippen LogP contribution in [0.2, 0.25) is 0 Å². The summed E-state index contributed by atoms with van der Waals surface area (Å²) in [6.45, 7) is 1.87. The Bertz CT molecular complexity index is 1310. The molecule has 0 saturated heterocycles. The molecule has 5 rings (SSSR count). The van der Waals surface area contributed by atoms with Crippen LogP contribution in [-0.4, -0.2) is 23.8 Å². The van der Waals surface area contributed by atoms with Gasteiger partial charge in [0, 0.05) is 52.1 Å². The van der Waals surface area contributed by atoms with E-state index in [9.17, 15) is 9.59 Å². The molecule has 0 unspecified atom stereocenters. The van der Waals surface area contributed by atoms with Crippen LogP contribution in [-0.2, 0) is 14.3 Å². The lowest BCUT2D eigenvalue weighted by molar-refractivity contribution is -0.136. The average Bonchev–Trinajstić information content (AvgIpc) is 3.27. The van der Waals surface area contributed by atoms with Crippen molar-refractivity contribution in [3.8, 4) is 0 Å². The predicted octanol–water partition coefficient (Wildman–Crippen LogP) is 4.28. The number of para-hydroxylation sites is 1. The van der Waals surface area contributed by atoms with Crippen LogP contribution in [0.4, 0.5) is 5.69 Å². The van der Waals surface area contributed by atoms with Crippen molar-refractivity contribution in [1.82, 2.24) is 10.3 Å². The SMILES string of the molecule is COC(=O)C1=C(C)NC2=C(C(=O)C[C@H](c3ccccc3N)C2)[C@@H]1c1cccc2[nH]ccc12. The lowest BCUT2D eigenvalue weighted by Crippen LogP contribution is -2.36. The molecular weight excluding hydrogens is 402 g/mol. The third kappa shape index (κ3) is 3.11. The van der Waals surface area contributed by atoms with Crippen molar-refractivity contribution >= 4 is 28.3 Å². The van der Waals surface area contributed by atoms with E-state index in [1.807, 2.05) is 61.7 Å². The van der Waals surface area contributed by atoms with Crippen LogP contribution in [0.3, 0.4) is 0 Å². The summed E-state index contributed by atoms with van der Waals surface area (Å²) in [5.41, 5.74) is 12.5. The molecule has 162 valence electrons. The van der Waals surface area contributed by atoms with Gasteiger partial charge >= 0.3 is 5.97 Å². The Kier molecular flexibility index (Phi) is 4.85. The normalized spacial score (nSPS) is 20.9. The van der Waals surface area contributed by atoms with Gasteiger partial charge in [-0.3, -0.25) is 4.79 Å². The van der Waals surface area contributed by atoms with Gasteiger partial charge in [-0.05, 0) is 48.6 Å². The van der Waals surface area contributed by atoms with E-state index in [1.54, 1.807) is 0 Å². The molecule has 0 spiro atoms. The zero-order valence-electron chi connectivity index (χ0n) is 18.1. The largest absolute Gasteiger partial charge is 0.466 e. The molecule has 32 heavy (non-hydrogen) atoms. The number of hydrogen-bond acceptors (Lipinski definition) is 5. The number of fused-ring (bicyclic) bond motifs is 1. The highest BCUT2D eigenvalue weighted by molar-refractivity contribution is 6.05. The number of nitrogens with one attached hydrogen (secondary N) is 2. The molecule has 6 nitrogen and oxygen atoms in total. The molecule has 2 aliphatic rings. The van der Waals surface area contributed by atoms with Gasteiger partial charge in [-0.2, -0.15) is 0 Å². The first-order valence-corrected chi connectivity index (χ1v) is 10.7. The molecule has 0 fully saturated rings. The van der Waals surface area contributed by atoms with Crippen molar-refractivity contribution in [2.45, 2.75) is 31.6 Å². The zero-order chi connectivity index (χ0) is 22.4. The smallest absolute Gasteiger partial charge is 0.336 e. The Hall–Kier alpha value is -3.80. The van der Waals surface area contributed by atoms with E-state index < -0.39 is 11.9 Å². The second-order valence-electron chi connectivity index (χ2n) is 8.42. The van der Waals surface area contributed by atoms with Gasteiger partial charge in [0.1, 0.15) is 0 Å². The van der Waals surface area contributed by atoms with Crippen molar-refractivity contribution in [2.24, 2.45) is 0 Å². The number of methoxy groups -OCH3 is 1. The van der Waals surface area contributed by atoms with Gasteiger partial charge in [0.2, 0.25) is 0 Å². The summed E-state index contributed by atoms with van der Waals surface area (Å²) in [5.74, 6) is -0.898. The zero-order valence-corrected chi connectivity index (χ0v) is 18.1. The highest BCUT2D eigenvalue weighted by Crippen LogP contribution is 2.47. The quantitative estimate of drug-likeness (QED) is 0.428. The lowest BCUT2D eigenvalue weighted by Gasteiger charge is -2.37. The summed E-state index contributed by atoms with van der Waals surface area (Å²) in [5, 5.41) is 4.35. The number of esters is 1. The standard InChI is InChI=1S/C26H25N3O3/c1-14-23(26(31)32-2)24(18-7-5-9-20-17(18)10-11-28-20)25-21(29-14)12-15(13-22(25)30)16-6-3-4-8-19(16)27/h3-11,15,24,28-29H,12-13,27H2,1-2H3/t15-,24-/m1/s1. The maximum absolute atomic E-state index is 13.6. The summed E-state index contributed by atoms with van der Waals surface area (Å²) in [6, 6.07) is 15.6. The van der Waals surface area contributed by atoms with Crippen molar-refractivity contribution in [3.63, 3.8) is 0 Å². The van der Waals surface area contributed by atoms with Gasteiger partial charge in [-0.25, -0.2) is 4.79 Å². The Morgan fingerprint density at radius 1 is 1.06 bits per heavy atom. The number of Topliss-reactive ketones (excluding diaryl/α,β-unsaturated/α-hetero) is 1. The molecule has 1 aliphatic carbocycles. The molecule has 2 aromatic carbocycles. The molecule has 0 saturated carbocycles. The fourth-order valence-electron chi connectivity index (χ4n) is 5.19. The highest BCUT2D eigenvalue weighted by Gasteiger charge is 2.42. The molecule has 2 atom stereocenters. The van der Waals surface area contributed by atoms with E-state index in [0.29, 0.717) is 35.4 Å². The van der Waals surface area contributed by atoms with E-state index in [-0.39, 0.29) is 11.7 Å². The summed E-state index contributed by atoms with van der Waals surface area (Å²) in [7, 11) is 1.37. The summed E-state index contributed by atoms with van der Waals surface area (Å²) >= 11 is 0. The maximum Gasteiger partial charge on any atom is 0.336 e. The lowest BCUT2D eigenvalue weighted by atomic mass is 9.71. The highest BCUT2D eigenvalue weighted by atomic mass is 16.5. The third-order valence-electron chi connectivity index (χ3n) is 6.61. The number of carbonyl (C=O) groups is 2. The number of H-pyrrole nitrogens is 1. The van der Waals surface area contributed by atoms with Crippen LogP contribution in [0, 0.1) is 0 Å². The molecule has 4 N–H and O–H groups in total. The van der Waals surface area contributed by atoms with E-state index in [0.717, 1.165) is 27.7 Å². The number of aromatic nitrogens is 1. The second kappa shape index (κ2) is 7.71. The molecule has 3 aromatic rings. The number of nitrogens with two attached hydrogens (primary N) is 1. The minimum Gasteiger partial charge on any atom is -0.466 e. The number of hydrogen-bond donors (Lipinski definition) is 3. The Labute approximate surface area is 186 Å². The van der Waals surface area contributed by atoms with Gasteiger partial charge in [0.25, 0.3) is 0 Å². The second-order valence-corrected chi connectivity index (χ2v) is 8.42. The van der Waals surface area contributed by atoms with Crippen molar-refractivity contribution in [2.75, 3.05) is 12.8 Å². The van der Waals surface area contributed by atoms with Crippen molar-refractivity contribution in [3.05, 3.63) is 88.4 Å². The van der Waals surface area contributed by atoms with E-state index >= 15 is 0 Å². The van der Waals surface area contributed by atoms with E-state index in [2.05, 4.69) is 10.3 Å². The molecule has 1 aliphatic heterocycles. The van der Waals surface area contributed by atoms with Crippen molar-refractivity contribution in [1.29, 1.82) is 0 Å². The fraction of sp³-hybridized carbons (Fsp3) is 0.231. The first kappa shape index (κ1) is 20.1. The number of rotatable bonds is 3. The molecule has 0 bridgehead atoms. The van der Waals surface area contributed by atoms with Crippen LogP contribution in [0.25, 0.3) is 10.9 Å². The number of allylic oxidation sites excluding steroid dienone is 3. The molecule has 0 amide bonds. The van der Waals surface area contributed by atoms with E-state index in [4.69, 9.17) is 10.5 Å². The summed E-state index contributed by atoms with van der Waals surface area (Å²) in [4.78, 5) is 29.7. The fourth-order valence-corrected chi connectivity index (χ4v) is 5.19. The Morgan fingerprint density at radius 3 is 2.62 bits per heavy atom. The predicted molar refractivity (Wildman–Crippen MR) is 124 cm³/mol. The number of ether oxygens (including phenoxy) is 1. The maximum atomic E-state index is 13.6. The van der Waals surface area contributed by atoms with E-state index in [1.165, 1.54) is 7.11 Å². The third-order valence-corrected chi connectivity index (χ3v) is 6.61. The van der Waals surface area contributed by atoms with Gasteiger partial charge in [-0.1, -0.05) is 30.3 Å². The molecular formula is C26H25N3O3. The Morgan fingerprint density at radius 2 is 1.84 bits per heavy atom. The summed E-state index contributed by atoms with van der Waals surface area (Å²) < 4.78 is 5.13. The monoisotopic (exact) mass is 427 g/mol. The molecule has 2 heterocycles. The molecule has 0 radical (unpaired) electrons. The van der Waals surface area contributed by atoms with Crippen LogP contribution in [0.15, 0.2) is 77.3 Å². The van der Waals surface area contributed by atoms with Gasteiger partial charge in [0.15, 0.2) is 5.78 Å². The van der Waals surface area contributed by atoms with Gasteiger partial charge < -0.3 is 20.8 Å². The molecule has 6 heteroatoms. The number of benzene rings is 2. The number of dihydropyridines is 1. The number of aromatic amines is 1. The minimum absolute atomic E-state index is 0.00822. The number of anilines is 1. The van der Waals surface area contributed by atoms with Crippen LogP contribution < -0.4 is 11.1 Å². The van der Waals surface area contributed by atoms with Gasteiger partial charge in [-0.15, -0.1) is 0 Å². The van der Waals surface area contributed by atoms with Crippen LogP contribution in [0.5, 0.6) is 0 Å². The number of nitrogen functional groups attached to an aromatic ring is 1. The molecule has 1 aromatic heterocycles. The summed E-state index contributed by atoms with van der Waals surface area (Å²) in [6.07, 6.45) is 2.87. The Balaban J connectivity index is 1.68. The van der Waals surface area contributed by atoms with Crippen molar-refractivity contribution < 1.29 is 14.3 Å². The minimum atomic E-state index is -0.486. The first-order chi connectivity index (χ1) is 15.5. The van der Waals surface area contributed by atoms with Gasteiger partial charge in [0.05, 0.1) is 12.7 Å². The number of carbonyl (C=O) groups excluding carboxylic acids is 2. The van der Waals surface area contributed by atoms with Crippen LogP contribution in [0.1, 0.15) is 42.7 Å². The average molecular weight is 428 g/mol. The topological polar surface area (TPSA) is 97.2 Å². The first-order valence-electron chi connectivity index (χ1n) is 10.7. The van der Waals surface area contributed by atoms with Crippen LogP contribution >= 0.6 is 0 Å². The number of ketones is 1.